The number of carbonyl (C=O) groups excluding carboxylic acids is 1. The van der Waals surface area contributed by atoms with Crippen LogP contribution in [0, 0.1) is 13.8 Å². The lowest BCUT2D eigenvalue weighted by molar-refractivity contribution is -0.142. The molecule has 2 aromatic rings. The number of hydrogen-bond acceptors (Lipinski definition) is 3. The number of nitrogens with zero attached hydrogens (tertiary/aromatic N) is 1. The Morgan fingerprint density at radius 1 is 1.13 bits per heavy atom. The Hall–Kier alpha value is -2.89. The van der Waals surface area contributed by atoms with E-state index in [9.17, 15) is 19.5 Å². The van der Waals surface area contributed by atoms with Gasteiger partial charge in [0.1, 0.15) is 6.54 Å². The van der Waals surface area contributed by atoms with Crippen molar-refractivity contribution in [3.8, 4) is 0 Å². The van der Waals surface area contributed by atoms with Crippen molar-refractivity contribution in [2.75, 3.05) is 0 Å². The first kappa shape index (κ1) is 16.5. The van der Waals surface area contributed by atoms with Crippen molar-refractivity contribution in [3.63, 3.8) is 0 Å². The number of carboxylic acid groups (broad SMARTS) is 1. The van der Waals surface area contributed by atoms with Crippen molar-refractivity contribution < 1.29 is 14.7 Å². The molecule has 1 atom stereocenters. The Labute approximate surface area is 133 Å². The molecule has 1 heterocycles. The molecule has 1 amide bonds. The second kappa shape index (κ2) is 6.91. The Morgan fingerprint density at radius 2 is 1.70 bits per heavy atom. The van der Waals surface area contributed by atoms with E-state index in [1.807, 2.05) is 0 Å². The van der Waals surface area contributed by atoms with E-state index < -0.39 is 17.9 Å². The number of aromatic nitrogens is 1. The first-order valence-electron chi connectivity index (χ1n) is 7.13. The van der Waals surface area contributed by atoms with Crippen LogP contribution in [0.2, 0.25) is 0 Å². The van der Waals surface area contributed by atoms with Crippen LogP contribution in [0.4, 0.5) is 0 Å². The fourth-order valence-electron chi connectivity index (χ4n) is 2.42. The number of rotatable bonds is 5. The van der Waals surface area contributed by atoms with Gasteiger partial charge in [-0.1, -0.05) is 30.3 Å². The summed E-state index contributed by atoms with van der Waals surface area (Å²) in [6, 6.07) is 10.3. The average molecular weight is 314 g/mol. The van der Waals surface area contributed by atoms with Gasteiger partial charge in [0.2, 0.25) is 5.91 Å². The van der Waals surface area contributed by atoms with E-state index in [0.717, 1.165) is 0 Å². The van der Waals surface area contributed by atoms with E-state index in [1.54, 1.807) is 48.7 Å². The van der Waals surface area contributed by atoms with Crippen LogP contribution in [0.15, 0.2) is 47.3 Å². The van der Waals surface area contributed by atoms with E-state index in [-0.39, 0.29) is 12.0 Å². The Kier molecular flexibility index (Phi) is 4.95. The highest BCUT2D eigenvalue weighted by atomic mass is 16.4. The number of carbonyl (C=O) groups is 2. The highest BCUT2D eigenvalue weighted by molar-refractivity contribution is 5.84. The lowest BCUT2D eigenvalue weighted by Gasteiger charge is -2.18. The fraction of sp³-hybridized carbons (Fsp3) is 0.235. The molecule has 0 fully saturated rings. The largest absolute Gasteiger partial charge is 0.479 e. The van der Waals surface area contributed by atoms with E-state index in [4.69, 9.17) is 0 Å². The standard InChI is InChI=1S/C17H18N2O4/c1-11-8-14(20)9-12(2)19(11)10-15(21)18-16(17(22)23)13-6-4-3-5-7-13/h3-9,16H,10H2,1-2H3,(H,18,21)(H,22,23). The van der Waals surface area contributed by atoms with Crippen LogP contribution in [0.1, 0.15) is 23.0 Å². The first-order chi connectivity index (χ1) is 10.9. The smallest absolute Gasteiger partial charge is 0.330 e. The number of hydrogen-bond donors (Lipinski definition) is 2. The molecule has 23 heavy (non-hydrogen) atoms. The van der Waals surface area contributed by atoms with E-state index in [2.05, 4.69) is 5.32 Å². The summed E-state index contributed by atoms with van der Waals surface area (Å²) in [5, 5.41) is 11.8. The van der Waals surface area contributed by atoms with Crippen molar-refractivity contribution >= 4 is 11.9 Å². The van der Waals surface area contributed by atoms with Gasteiger partial charge in [-0.2, -0.15) is 0 Å². The van der Waals surface area contributed by atoms with Crippen molar-refractivity contribution in [2.24, 2.45) is 0 Å². The quantitative estimate of drug-likeness (QED) is 0.873. The summed E-state index contributed by atoms with van der Waals surface area (Å²) in [7, 11) is 0. The predicted octanol–water partition coefficient (Wildman–Crippen LogP) is 1.41. The topological polar surface area (TPSA) is 88.4 Å². The number of nitrogens with one attached hydrogen (secondary N) is 1. The Bertz CT molecular complexity index is 755. The zero-order chi connectivity index (χ0) is 17.0. The lowest BCUT2D eigenvalue weighted by Crippen LogP contribution is -2.36. The third-order valence-corrected chi connectivity index (χ3v) is 3.54. The molecule has 0 radical (unpaired) electrons. The van der Waals surface area contributed by atoms with E-state index in [0.29, 0.717) is 17.0 Å². The van der Waals surface area contributed by atoms with Crippen LogP contribution in [0.5, 0.6) is 0 Å². The molecular formula is C17H18N2O4. The molecule has 1 aromatic heterocycles. The summed E-state index contributed by atoms with van der Waals surface area (Å²) in [4.78, 5) is 35.0. The second-order valence-electron chi connectivity index (χ2n) is 5.31. The Morgan fingerprint density at radius 3 is 2.22 bits per heavy atom. The predicted molar refractivity (Wildman–Crippen MR) is 85.1 cm³/mol. The van der Waals surface area contributed by atoms with Gasteiger partial charge in [-0.3, -0.25) is 9.59 Å². The molecule has 0 aliphatic carbocycles. The van der Waals surface area contributed by atoms with Crippen molar-refractivity contribution in [2.45, 2.75) is 26.4 Å². The number of pyridine rings is 1. The molecule has 0 spiro atoms. The van der Waals surface area contributed by atoms with Crippen LogP contribution >= 0.6 is 0 Å². The number of carboxylic acids is 1. The van der Waals surface area contributed by atoms with Gasteiger partial charge in [-0.05, 0) is 19.4 Å². The highest BCUT2D eigenvalue weighted by Gasteiger charge is 2.22. The third kappa shape index (κ3) is 4.06. The molecule has 0 saturated carbocycles. The minimum absolute atomic E-state index is 0.0471. The molecule has 2 rings (SSSR count). The maximum Gasteiger partial charge on any atom is 0.330 e. The molecule has 0 aliphatic rings. The lowest BCUT2D eigenvalue weighted by atomic mass is 10.1. The summed E-state index contributed by atoms with van der Waals surface area (Å²) in [5.74, 6) is -1.56. The van der Waals surface area contributed by atoms with Gasteiger partial charge < -0.3 is 15.0 Å². The van der Waals surface area contributed by atoms with Crippen molar-refractivity contribution in [1.29, 1.82) is 0 Å². The van der Waals surface area contributed by atoms with Crippen LogP contribution in [-0.2, 0) is 16.1 Å². The van der Waals surface area contributed by atoms with Crippen LogP contribution in [-0.4, -0.2) is 21.6 Å². The van der Waals surface area contributed by atoms with Gasteiger partial charge in [0.25, 0.3) is 0 Å². The van der Waals surface area contributed by atoms with Gasteiger partial charge in [0.05, 0.1) is 0 Å². The Balaban J connectivity index is 2.18. The summed E-state index contributed by atoms with van der Waals surface area (Å²) in [6.07, 6.45) is 0. The highest BCUT2D eigenvalue weighted by Crippen LogP contribution is 2.13. The number of amides is 1. The maximum atomic E-state index is 12.2. The molecule has 6 heteroatoms. The summed E-state index contributed by atoms with van der Waals surface area (Å²) in [5.41, 5.74) is 1.68. The summed E-state index contributed by atoms with van der Waals surface area (Å²) < 4.78 is 1.67. The van der Waals surface area contributed by atoms with Gasteiger partial charge in [0.15, 0.2) is 11.5 Å². The van der Waals surface area contributed by atoms with Gasteiger partial charge >= 0.3 is 5.97 Å². The van der Waals surface area contributed by atoms with Crippen LogP contribution in [0.25, 0.3) is 0 Å². The van der Waals surface area contributed by atoms with Crippen molar-refractivity contribution in [1.82, 2.24) is 9.88 Å². The van der Waals surface area contributed by atoms with Crippen LogP contribution in [0.3, 0.4) is 0 Å². The number of aliphatic carboxylic acids is 1. The molecule has 120 valence electrons. The summed E-state index contributed by atoms with van der Waals surface area (Å²) >= 11 is 0. The molecule has 0 aliphatic heterocycles. The van der Waals surface area contributed by atoms with Gasteiger partial charge in [-0.15, -0.1) is 0 Å². The SMILES string of the molecule is Cc1cc(=O)cc(C)n1CC(=O)NC(C(=O)O)c1ccccc1. The zero-order valence-corrected chi connectivity index (χ0v) is 12.9. The molecule has 0 bridgehead atoms. The number of aryl methyl sites for hydroxylation is 2. The minimum Gasteiger partial charge on any atom is -0.479 e. The maximum absolute atomic E-state index is 12.2. The van der Waals surface area contributed by atoms with Gasteiger partial charge in [-0.25, -0.2) is 4.79 Å². The molecule has 2 N–H and O–H groups in total. The summed E-state index contributed by atoms with van der Waals surface area (Å²) in [6.45, 7) is 3.41. The third-order valence-electron chi connectivity index (χ3n) is 3.54. The monoisotopic (exact) mass is 314 g/mol. The molecule has 0 saturated heterocycles. The van der Waals surface area contributed by atoms with E-state index in [1.165, 1.54) is 12.1 Å². The van der Waals surface area contributed by atoms with Crippen molar-refractivity contribution in [3.05, 3.63) is 69.6 Å². The average Bonchev–Trinajstić information content (AvgIpc) is 2.49. The molecule has 1 aromatic carbocycles. The molecule has 6 nitrogen and oxygen atoms in total. The van der Waals surface area contributed by atoms with Crippen LogP contribution < -0.4 is 10.7 Å². The normalized spacial score (nSPS) is 11.7. The van der Waals surface area contributed by atoms with E-state index >= 15 is 0 Å². The zero-order valence-electron chi connectivity index (χ0n) is 12.9. The fourth-order valence-corrected chi connectivity index (χ4v) is 2.42. The minimum atomic E-state index is -1.13. The second-order valence-corrected chi connectivity index (χ2v) is 5.31. The van der Waals surface area contributed by atoms with Gasteiger partial charge in [0, 0.05) is 23.5 Å². The number of benzene rings is 1. The molecular weight excluding hydrogens is 296 g/mol. The molecule has 1 unspecified atom stereocenters. The first-order valence-corrected chi connectivity index (χ1v) is 7.13.